The third-order valence-electron chi connectivity index (χ3n) is 6.39. The molecule has 3 fully saturated rings. The van der Waals surface area contributed by atoms with Gasteiger partial charge in [-0.3, -0.25) is 9.88 Å². The van der Waals surface area contributed by atoms with E-state index < -0.39 is 0 Å². The molecule has 1 spiro atoms. The van der Waals surface area contributed by atoms with E-state index in [4.69, 9.17) is 4.74 Å². The smallest absolute Gasteiger partial charge is 0.0935 e. The molecule has 4 heteroatoms. The monoisotopic (exact) mass is 343 g/mol. The van der Waals surface area contributed by atoms with E-state index in [1.165, 1.54) is 63.7 Å². The molecule has 1 atom stereocenters. The van der Waals surface area contributed by atoms with Crippen LogP contribution in [0.4, 0.5) is 0 Å². The predicted octanol–water partition coefficient (Wildman–Crippen LogP) is 3.18. The first-order valence-electron chi connectivity index (χ1n) is 10.1. The Hall–Kier alpha value is -0.970. The minimum atomic E-state index is 0.205. The number of nitrogens with zero attached hydrogens (tertiary/aromatic N) is 3. The van der Waals surface area contributed by atoms with Gasteiger partial charge in [-0.2, -0.15) is 0 Å². The second-order valence-corrected chi connectivity index (χ2v) is 8.78. The molecule has 1 saturated carbocycles. The lowest BCUT2D eigenvalue weighted by Crippen LogP contribution is -2.65. The van der Waals surface area contributed by atoms with E-state index in [9.17, 15) is 0 Å². The summed E-state index contributed by atoms with van der Waals surface area (Å²) in [5.41, 5.74) is 1.50. The number of pyridine rings is 1. The van der Waals surface area contributed by atoms with Crippen molar-refractivity contribution in [2.45, 2.75) is 50.7 Å². The Labute approximate surface area is 152 Å². The van der Waals surface area contributed by atoms with Crippen LogP contribution >= 0.6 is 0 Å². The zero-order chi connectivity index (χ0) is 17.1. The van der Waals surface area contributed by atoms with Gasteiger partial charge in [-0.1, -0.05) is 18.9 Å². The van der Waals surface area contributed by atoms with E-state index in [2.05, 4.69) is 27.9 Å². The highest BCUT2D eigenvalue weighted by molar-refractivity contribution is 5.08. The molecule has 0 N–H and O–H groups in total. The molecule has 0 amide bonds. The lowest BCUT2D eigenvalue weighted by molar-refractivity contribution is -0.183. The molecular formula is C21H33N3O. The SMILES string of the molecule is CN(Cc1cccnc1)C[C@H]1CCC2(CN(CC3CCCC3)C2)OC1. The van der Waals surface area contributed by atoms with E-state index in [-0.39, 0.29) is 5.60 Å². The van der Waals surface area contributed by atoms with E-state index in [0.29, 0.717) is 5.92 Å². The van der Waals surface area contributed by atoms with E-state index in [0.717, 1.165) is 25.6 Å². The van der Waals surface area contributed by atoms with Crippen molar-refractivity contribution >= 4 is 0 Å². The number of rotatable bonds is 6. The first kappa shape index (κ1) is 17.4. The molecule has 0 unspecified atom stereocenters. The van der Waals surface area contributed by atoms with Crippen LogP contribution in [0.5, 0.6) is 0 Å². The second-order valence-electron chi connectivity index (χ2n) is 8.78. The highest BCUT2D eigenvalue weighted by atomic mass is 16.5. The number of hydrogen-bond donors (Lipinski definition) is 0. The van der Waals surface area contributed by atoms with Crippen LogP contribution < -0.4 is 0 Å². The topological polar surface area (TPSA) is 28.6 Å². The summed E-state index contributed by atoms with van der Waals surface area (Å²) >= 11 is 0. The van der Waals surface area contributed by atoms with Crippen LogP contribution in [0, 0.1) is 11.8 Å². The van der Waals surface area contributed by atoms with E-state index >= 15 is 0 Å². The largest absolute Gasteiger partial charge is 0.372 e. The Morgan fingerprint density at radius 1 is 1.24 bits per heavy atom. The first-order valence-corrected chi connectivity index (χ1v) is 10.1. The average molecular weight is 344 g/mol. The lowest BCUT2D eigenvalue weighted by Gasteiger charge is -2.53. The number of hydrogen-bond acceptors (Lipinski definition) is 4. The molecule has 1 aliphatic carbocycles. The fraction of sp³-hybridized carbons (Fsp3) is 0.762. The normalized spacial score (nSPS) is 27.0. The van der Waals surface area contributed by atoms with Crippen LogP contribution in [0.15, 0.2) is 24.5 Å². The minimum Gasteiger partial charge on any atom is -0.372 e. The third kappa shape index (κ3) is 4.42. The molecular weight excluding hydrogens is 310 g/mol. The van der Waals surface area contributed by atoms with Gasteiger partial charge in [0.2, 0.25) is 0 Å². The van der Waals surface area contributed by atoms with Crippen LogP contribution in [0.1, 0.15) is 44.1 Å². The fourth-order valence-electron chi connectivity index (χ4n) is 5.08. The third-order valence-corrected chi connectivity index (χ3v) is 6.39. The molecule has 2 saturated heterocycles. The molecule has 4 rings (SSSR count). The quantitative estimate of drug-likeness (QED) is 0.793. The Balaban J connectivity index is 1.16. The van der Waals surface area contributed by atoms with Crippen molar-refractivity contribution in [2.24, 2.45) is 11.8 Å². The Kier molecular flexibility index (Phi) is 5.39. The van der Waals surface area contributed by atoms with Crippen molar-refractivity contribution in [3.8, 4) is 0 Å². The summed E-state index contributed by atoms with van der Waals surface area (Å²) in [6.07, 6.45) is 12.2. The van der Waals surface area contributed by atoms with Crippen molar-refractivity contribution in [1.29, 1.82) is 0 Å². The van der Waals surface area contributed by atoms with Crippen molar-refractivity contribution in [3.63, 3.8) is 0 Å². The van der Waals surface area contributed by atoms with Gasteiger partial charge in [-0.25, -0.2) is 0 Å². The second kappa shape index (κ2) is 7.73. The molecule has 1 aromatic rings. The zero-order valence-corrected chi connectivity index (χ0v) is 15.7. The molecule has 1 aromatic heterocycles. The van der Waals surface area contributed by atoms with Gasteiger partial charge >= 0.3 is 0 Å². The summed E-state index contributed by atoms with van der Waals surface area (Å²) in [7, 11) is 2.21. The van der Waals surface area contributed by atoms with E-state index in [1.54, 1.807) is 0 Å². The fourth-order valence-corrected chi connectivity index (χ4v) is 5.08. The Morgan fingerprint density at radius 2 is 2.08 bits per heavy atom. The van der Waals surface area contributed by atoms with Crippen molar-refractivity contribution in [3.05, 3.63) is 30.1 Å². The summed E-state index contributed by atoms with van der Waals surface area (Å²) < 4.78 is 6.38. The van der Waals surface area contributed by atoms with Gasteiger partial charge < -0.3 is 9.64 Å². The van der Waals surface area contributed by atoms with E-state index in [1.807, 2.05) is 18.5 Å². The molecule has 0 aromatic carbocycles. The van der Waals surface area contributed by atoms with Gasteiger partial charge in [0.1, 0.15) is 0 Å². The Morgan fingerprint density at radius 3 is 2.76 bits per heavy atom. The zero-order valence-electron chi connectivity index (χ0n) is 15.7. The number of ether oxygens (including phenoxy) is 1. The van der Waals surface area contributed by atoms with Crippen LogP contribution in [0.3, 0.4) is 0 Å². The maximum atomic E-state index is 6.38. The van der Waals surface area contributed by atoms with Gasteiger partial charge in [0.05, 0.1) is 12.2 Å². The number of likely N-dealkylation sites (tertiary alicyclic amines) is 1. The standard InChI is InChI=1S/C21H33N3O/c1-23(12-19-7-4-10-22-11-19)13-20-8-9-21(25-15-20)16-24(17-21)14-18-5-2-3-6-18/h4,7,10-11,18,20H,2-3,5-6,8-9,12-17H2,1H3/t20-/m1/s1. The van der Waals surface area contributed by atoms with Gasteiger partial charge in [-0.15, -0.1) is 0 Å². The summed E-state index contributed by atoms with van der Waals surface area (Å²) in [4.78, 5) is 9.27. The van der Waals surface area contributed by atoms with Gasteiger partial charge in [0.15, 0.2) is 0 Å². The summed E-state index contributed by atoms with van der Waals surface area (Å²) in [6, 6.07) is 4.17. The van der Waals surface area contributed by atoms with Crippen LogP contribution in [0.2, 0.25) is 0 Å². The molecule has 4 nitrogen and oxygen atoms in total. The van der Waals surface area contributed by atoms with Gasteiger partial charge in [0, 0.05) is 45.1 Å². The summed E-state index contributed by atoms with van der Waals surface area (Å²) in [6.45, 7) is 6.72. The van der Waals surface area contributed by atoms with Crippen LogP contribution in [-0.4, -0.2) is 60.2 Å². The van der Waals surface area contributed by atoms with Crippen molar-refractivity contribution in [1.82, 2.24) is 14.8 Å². The maximum Gasteiger partial charge on any atom is 0.0935 e. The summed E-state index contributed by atoms with van der Waals surface area (Å²) in [5, 5.41) is 0. The molecule has 3 aliphatic rings. The lowest BCUT2D eigenvalue weighted by atomic mass is 9.82. The molecule has 0 radical (unpaired) electrons. The van der Waals surface area contributed by atoms with Gasteiger partial charge in [0.25, 0.3) is 0 Å². The molecule has 25 heavy (non-hydrogen) atoms. The number of aromatic nitrogens is 1. The van der Waals surface area contributed by atoms with Crippen LogP contribution in [0.25, 0.3) is 0 Å². The predicted molar refractivity (Wildman–Crippen MR) is 100 cm³/mol. The maximum absolute atomic E-state index is 6.38. The molecule has 138 valence electrons. The summed E-state index contributed by atoms with van der Waals surface area (Å²) in [5.74, 6) is 1.64. The Bertz CT molecular complexity index is 527. The average Bonchev–Trinajstić information content (AvgIpc) is 3.09. The van der Waals surface area contributed by atoms with Gasteiger partial charge in [-0.05, 0) is 56.2 Å². The highest BCUT2D eigenvalue weighted by Crippen LogP contribution is 2.37. The minimum absolute atomic E-state index is 0.205. The van der Waals surface area contributed by atoms with Crippen molar-refractivity contribution < 1.29 is 4.74 Å². The van der Waals surface area contributed by atoms with Crippen molar-refractivity contribution in [2.75, 3.05) is 39.8 Å². The first-order chi connectivity index (χ1) is 12.2. The molecule has 0 bridgehead atoms. The molecule has 3 heterocycles. The molecule has 2 aliphatic heterocycles. The van der Waals surface area contributed by atoms with Crippen LogP contribution in [-0.2, 0) is 11.3 Å². The highest BCUT2D eigenvalue weighted by Gasteiger charge is 2.46.